The van der Waals surface area contributed by atoms with Gasteiger partial charge in [0.15, 0.2) is 0 Å². The number of benzene rings is 1. The summed E-state index contributed by atoms with van der Waals surface area (Å²) >= 11 is 6.12. The minimum atomic E-state index is 0.0993. The lowest BCUT2D eigenvalue weighted by Gasteiger charge is -2.46. The Bertz CT molecular complexity index is 534. The summed E-state index contributed by atoms with van der Waals surface area (Å²) in [5.74, 6) is 0.0993. The second kappa shape index (κ2) is 5.95. The predicted molar refractivity (Wildman–Crippen MR) is 85.0 cm³/mol. The van der Waals surface area contributed by atoms with Crippen molar-refractivity contribution in [2.75, 3.05) is 46.3 Å². The second-order valence-electron chi connectivity index (χ2n) is 6.17. The number of rotatable bonds is 2. The summed E-state index contributed by atoms with van der Waals surface area (Å²) in [7, 11) is 2.15. The van der Waals surface area contributed by atoms with Gasteiger partial charge in [-0.05, 0) is 31.7 Å². The molecule has 2 aliphatic rings. The van der Waals surface area contributed by atoms with Gasteiger partial charge in [-0.3, -0.25) is 9.69 Å². The molecule has 2 fully saturated rings. The van der Waals surface area contributed by atoms with Crippen LogP contribution >= 0.6 is 11.6 Å². The number of hydrogen-bond donors (Lipinski definition) is 0. The van der Waals surface area contributed by atoms with Gasteiger partial charge >= 0.3 is 0 Å². The van der Waals surface area contributed by atoms with Crippen LogP contribution in [0.25, 0.3) is 0 Å². The molecular formula is C16H22ClN3O. The lowest BCUT2D eigenvalue weighted by molar-refractivity contribution is 0.0173. The van der Waals surface area contributed by atoms with E-state index in [9.17, 15) is 4.79 Å². The Morgan fingerprint density at radius 1 is 1.19 bits per heavy atom. The predicted octanol–water partition coefficient (Wildman–Crippen LogP) is 1.72. The Labute approximate surface area is 131 Å². The number of carbonyl (C=O) groups is 1. The summed E-state index contributed by atoms with van der Waals surface area (Å²) < 4.78 is 0. The number of likely N-dealkylation sites (tertiary alicyclic amines) is 1. The zero-order chi connectivity index (χ0) is 15.0. The average molecular weight is 308 g/mol. The van der Waals surface area contributed by atoms with E-state index in [0.29, 0.717) is 16.6 Å². The van der Waals surface area contributed by atoms with Gasteiger partial charge in [0.2, 0.25) is 0 Å². The SMILES string of the molecule is Cc1ccc(C(=O)N2CCN(C3CN(C)C3)CC2)cc1Cl. The molecule has 21 heavy (non-hydrogen) atoms. The molecule has 0 aliphatic carbocycles. The van der Waals surface area contributed by atoms with Crippen molar-refractivity contribution in [1.29, 1.82) is 0 Å². The van der Waals surface area contributed by atoms with Gasteiger partial charge in [0.1, 0.15) is 0 Å². The van der Waals surface area contributed by atoms with Gasteiger partial charge in [-0.1, -0.05) is 17.7 Å². The molecule has 4 nitrogen and oxygen atoms in total. The van der Waals surface area contributed by atoms with E-state index in [-0.39, 0.29) is 5.91 Å². The zero-order valence-electron chi connectivity index (χ0n) is 12.7. The molecule has 0 atom stereocenters. The highest BCUT2D eigenvalue weighted by Gasteiger charge is 2.32. The highest BCUT2D eigenvalue weighted by molar-refractivity contribution is 6.31. The molecule has 5 heteroatoms. The molecular weight excluding hydrogens is 286 g/mol. The minimum Gasteiger partial charge on any atom is -0.336 e. The lowest BCUT2D eigenvalue weighted by Crippen LogP contribution is -2.62. The first-order valence-electron chi connectivity index (χ1n) is 7.52. The number of carbonyl (C=O) groups excluding carboxylic acids is 1. The van der Waals surface area contributed by atoms with Crippen LogP contribution in [-0.4, -0.2) is 73.0 Å². The maximum absolute atomic E-state index is 12.5. The van der Waals surface area contributed by atoms with Crippen molar-refractivity contribution in [2.45, 2.75) is 13.0 Å². The molecule has 0 N–H and O–H groups in total. The molecule has 0 aromatic heterocycles. The number of hydrogen-bond acceptors (Lipinski definition) is 3. The number of amides is 1. The van der Waals surface area contributed by atoms with Crippen LogP contribution in [0, 0.1) is 6.92 Å². The Hall–Kier alpha value is -1.10. The summed E-state index contributed by atoms with van der Waals surface area (Å²) in [6.07, 6.45) is 0. The average Bonchev–Trinajstić information content (AvgIpc) is 2.46. The van der Waals surface area contributed by atoms with Crippen LogP contribution in [0.1, 0.15) is 15.9 Å². The van der Waals surface area contributed by atoms with Gasteiger partial charge < -0.3 is 9.80 Å². The molecule has 0 bridgehead atoms. The van der Waals surface area contributed by atoms with Crippen LogP contribution in [0.5, 0.6) is 0 Å². The highest BCUT2D eigenvalue weighted by Crippen LogP contribution is 2.20. The molecule has 0 unspecified atom stereocenters. The largest absolute Gasteiger partial charge is 0.336 e. The van der Waals surface area contributed by atoms with Crippen LogP contribution < -0.4 is 0 Å². The van der Waals surface area contributed by atoms with E-state index in [0.717, 1.165) is 44.8 Å². The highest BCUT2D eigenvalue weighted by atomic mass is 35.5. The van der Waals surface area contributed by atoms with E-state index in [1.807, 2.05) is 24.0 Å². The van der Waals surface area contributed by atoms with E-state index >= 15 is 0 Å². The monoisotopic (exact) mass is 307 g/mol. The van der Waals surface area contributed by atoms with Crippen LogP contribution in [0.2, 0.25) is 5.02 Å². The van der Waals surface area contributed by atoms with Crippen LogP contribution in [0.15, 0.2) is 18.2 Å². The van der Waals surface area contributed by atoms with E-state index in [4.69, 9.17) is 11.6 Å². The Balaban J connectivity index is 1.58. The van der Waals surface area contributed by atoms with Crippen molar-refractivity contribution >= 4 is 17.5 Å². The topological polar surface area (TPSA) is 26.8 Å². The number of halogens is 1. The first kappa shape index (κ1) is 14.8. The first-order valence-corrected chi connectivity index (χ1v) is 7.90. The number of nitrogens with zero attached hydrogens (tertiary/aromatic N) is 3. The summed E-state index contributed by atoms with van der Waals surface area (Å²) in [4.78, 5) is 19.3. The van der Waals surface area contributed by atoms with E-state index in [2.05, 4.69) is 16.8 Å². The van der Waals surface area contributed by atoms with Crippen molar-refractivity contribution in [3.05, 3.63) is 34.3 Å². The van der Waals surface area contributed by atoms with Gasteiger partial charge in [0.25, 0.3) is 5.91 Å². The van der Waals surface area contributed by atoms with E-state index in [1.54, 1.807) is 6.07 Å². The third kappa shape index (κ3) is 3.07. The van der Waals surface area contributed by atoms with Gasteiger partial charge in [-0.2, -0.15) is 0 Å². The van der Waals surface area contributed by atoms with Crippen LogP contribution in [0.3, 0.4) is 0 Å². The minimum absolute atomic E-state index is 0.0993. The van der Waals surface area contributed by atoms with Crippen molar-refractivity contribution < 1.29 is 4.79 Å². The fourth-order valence-corrected chi connectivity index (χ4v) is 3.28. The van der Waals surface area contributed by atoms with Crippen molar-refractivity contribution in [3.8, 4) is 0 Å². The second-order valence-corrected chi connectivity index (χ2v) is 6.57. The molecule has 114 valence electrons. The smallest absolute Gasteiger partial charge is 0.253 e. The first-order chi connectivity index (χ1) is 10.0. The molecule has 0 spiro atoms. The van der Waals surface area contributed by atoms with Gasteiger partial charge in [-0.25, -0.2) is 0 Å². The van der Waals surface area contributed by atoms with Crippen LogP contribution in [-0.2, 0) is 0 Å². The van der Waals surface area contributed by atoms with E-state index < -0.39 is 0 Å². The van der Waals surface area contributed by atoms with Crippen molar-refractivity contribution in [3.63, 3.8) is 0 Å². The van der Waals surface area contributed by atoms with Gasteiger partial charge in [0.05, 0.1) is 0 Å². The molecule has 1 amide bonds. The Morgan fingerprint density at radius 3 is 2.43 bits per heavy atom. The molecule has 0 saturated carbocycles. The molecule has 3 rings (SSSR count). The number of likely N-dealkylation sites (N-methyl/N-ethyl adjacent to an activating group) is 1. The van der Waals surface area contributed by atoms with Crippen molar-refractivity contribution in [1.82, 2.24) is 14.7 Å². The number of aryl methyl sites for hydroxylation is 1. The van der Waals surface area contributed by atoms with Gasteiger partial charge in [-0.15, -0.1) is 0 Å². The van der Waals surface area contributed by atoms with E-state index in [1.165, 1.54) is 0 Å². The summed E-state index contributed by atoms with van der Waals surface area (Å²) in [5, 5.41) is 0.664. The third-order valence-electron chi connectivity index (χ3n) is 4.58. The maximum atomic E-state index is 12.5. The Kier molecular flexibility index (Phi) is 4.20. The normalized spacial score (nSPS) is 21.4. The third-order valence-corrected chi connectivity index (χ3v) is 4.99. The lowest BCUT2D eigenvalue weighted by atomic mass is 10.1. The fraction of sp³-hybridized carbons (Fsp3) is 0.562. The molecule has 1 aromatic rings. The molecule has 2 aliphatic heterocycles. The number of piperazine rings is 1. The molecule has 2 heterocycles. The summed E-state index contributed by atoms with van der Waals surface area (Å²) in [5.41, 5.74) is 1.70. The summed E-state index contributed by atoms with van der Waals surface area (Å²) in [6, 6.07) is 6.25. The van der Waals surface area contributed by atoms with Gasteiger partial charge in [0, 0.05) is 55.9 Å². The quantitative estimate of drug-likeness (QED) is 0.832. The maximum Gasteiger partial charge on any atom is 0.253 e. The molecule has 2 saturated heterocycles. The zero-order valence-corrected chi connectivity index (χ0v) is 13.4. The molecule has 1 aromatic carbocycles. The standard InChI is InChI=1S/C16H22ClN3O/c1-12-3-4-13(9-15(12)17)16(21)20-7-5-19(6-8-20)14-10-18(2)11-14/h3-4,9,14H,5-8,10-11H2,1-2H3. The Morgan fingerprint density at radius 2 is 1.86 bits per heavy atom. The molecule has 0 radical (unpaired) electrons. The summed E-state index contributed by atoms with van der Waals surface area (Å²) in [6.45, 7) is 7.83. The van der Waals surface area contributed by atoms with Crippen molar-refractivity contribution in [2.24, 2.45) is 0 Å². The van der Waals surface area contributed by atoms with Crippen LogP contribution in [0.4, 0.5) is 0 Å². The fourth-order valence-electron chi connectivity index (χ4n) is 3.10.